The van der Waals surface area contributed by atoms with Crippen LogP contribution in [-0.4, -0.2) is 22.6 Å². The molecule has 0 unspecified atom stereocenters. The van der Waals surface area contributed by atoms with Gasteiger partial charge in [0.15, 0.2) is 5.13 Å². The SMILES string of the molecule is O=C(CSc1cccc(NC(=O)c2ccc(Cl)cc2Cl)c1)Nc1nccs1. The Morgan fingerprint density at radius 2 is 1.96 bits per heavy atom. The molecule has 0 atom stereocenters. The molecule has 0 radical (unpaired) electrons. The fraction of sp³-hybridized carbons (Fsp3) is 0.0556. The van der Waals surface area contributed by atoms with E-state index in [1.54, 1.807) is 41.9 Å². The molecule has 0 spiro atoms. The van der Waals surface area contributed by atoms with Crippen LogP contribution in [0.15, 0.2) is 58.9 Å². The third kappa shape index (κ3) is 5.71. The van der Waals surface area contributed by atoms with Gasteiger partial charge in [-0.3, -0.25) is 9.59 Å². The van der Waals surface area contributed by atoms with Crippen molar-refractivity contribution >= 4 is 68.9 Å². The van der Waals surface area contributed by atoms with Crippen molar-refractivity contribution in [3.8, 4) is 0 Å². The third-order valence-corrected chi connectivity index (χ3v) is 5.55. The average Bonchev–Trinajstić information content (AvgIpc) is 3.13. The van der Waals surface area contributed by atoms with Crippen LogP contribution in [0, 0.1) is 0 Å². The fourth-order valence-corrected chi connectivity index (χ4v) is 3.92. The molecule has 1 aromatic heterocycles. The minimum atomic E-state index is -0.333. The van der Waals surface area contributed by atoms with Crippen molar-refractivity contribution in [3.05, 3.63) is 69.7 Å². The van der Waals surface area contributed by atoms with E-state index in [2.05, 4.69) is 15.6 Å². The zero-order chi connectivity index (χ0) is 19.2. The summed E-state index contributed by atoms with van der Waals surface area (Å²) < 4.78 is 0. The molecular formula is C18H13Cl2N3O2S2. The van der Waals surface area contributed by atoms with E-state index >= 15 is 0 Å². The number of thioether (sulfide) groups is 1. The fourth-order valence-electron chi connectivity index (χ4n) is 2.13. The number of hydrogen-bond donors (Lipinski definition) is 2. The first-order valence-corrected chi connectivity index (χ1v) is 10.3. The number of benzene rings is 2. The lowest BCUT2D eigenvalue weighted by molar-refractivity contribution is -0.113. The van der Waals surface area contributed by atoms with E-state index < -0.39 is 0 Å². The summed E-state index contributed by atoms with van der Waals surface area (Å²) >= 11 is 14.6. The number of thiazole rings is 1. The number of carbonyl (C=O) groups excluding carboxylic acids is 2. The minimum absolute atomic E-state index is 0.141. The molecule has 9 heteroatoms. The van der Waals surface area contributed by atoms with E-state index in [0.717, 1.165) is 4.90 Å². The first-order valence-electron chi connectivity index (χ1n) is 7.70. The van der Waals surface area contributed by atoms with Crippen LogP contribution in [0.1, 0.15) is 10.4 Å². The van der Waals surface area contributed by atoms with Gasteiger partial charge in [-0.1, -0.05) is 29.3 Å². The number of carbonyl (C=O) groups is 2. The molecule has 0 saturated carbocycles. The molecular weight excluding hydrogens is 425 g/mol. The highest BCUT2D eigenvalue weighted by Gasteiger charge is 2.12. The van der Waals surface area contributed by atoms with Gasteiger partial charge in [0.05, 0.1) is 16.3 Å². The van der Waals surface area contributed by atoms with E-state index in [1.165, 1.54) is 29.2 Å². The van der Waals surface area contributed by atoms with Gasteiger partial charge in [0.2, 0.25) is 5.91 Å². The standard InChI is InChI=1S/C18H13Cl2N3O2S2/c19-11-4-5-14(15(20)8-11)17(25)22-12-2-1-3-13(9-12)27-10-16(24)23-18-21-6-7-26-18/h1-9H,10H2,(H,22,25)(H,21,23,24). The molecule has 0 aliphatic heterocycles. The maximum atomic E-state index is 12.4. The molecule has 138 valence electrons. The number of amides is 2. The molecule has 2 amide bonds. The lowest BCUT2D eigenvalue weighted by Gasteiger charge is -2.09. The van der Waals surface area contributed by atoms with Crippen LogP contribution in [0.25, 0.3) is 0 Å². The summed E-state index contributed by atoms with van der Waals surface area (Å²) in [5.41, 5.74) is 0.943. The van der Waals surface area contributed by atoms with Gasteiger partial charge in [0, 0.05) is 27.2 Å². The van der Waals surface area contributed by atoms with Crippen molar-refractivity contribution < 1.29 is 9.59 Å². The zero-order valence-electron chi connectivity index (χ0n) is 13.7. The molecule has 3 rings (SSSR count). The Morgan fingerprint density at radius 3 is 2.70 bits per heavy atom. The van der Waals surface area contributed by atoms with Gasteiger partial charge in [-0.25, -0.2) is 4.98 Å². The van der Waals surface area contributed by atoms with E-state index in [0.29, 0.717) is 21.4 Å². The van der Waals surface area contributed by atoms with Crippen LogP contribution in [0.5, 0.6) is 0 Å². The van der Waals surface area contributed by atoms with Crippen molar-refractivity contribution in [2.75, 3.05) is 16.4 Å². The van der Waals surface area contributed by atoms with Crippen molar-refractivity contribution in [1.29, 1.82) is 0 Å². The van der Waals surface area contributed by atoms with E-state index in [4.69, 9.17) is 23.2 Å². The Bertz CT molecular complexity index is 965. The predicted octanol–water partition coefficient (Wildman–Crippen LogP) is 5.43. The molecule has 3 aromatic rings. The summed E-state index contributed by atoms with van der Waals surface area (Å²) in [6, 6.07) is 11.9. The summed E-state index contributed by atoms with van der Waals surface area (Å²) in [6.07, 6.45) is 1.63. The highest BCUT2D eigenvalue weighted by atomic mass is 35.5. The van der Waals surface area contributed by atoms with Gasteiger partial charge >= 0.3 is 0 Å². The second-order valence-electron chi connectivity index (χ2n) is 5.28. The Balaban J connectivity index is 1.59. The molecule has 1 heterocycles. The van der Waals surface area contributed by atoms with Gasteiger partial charge in [0.1, 0.15) is 0 Å². The van der Waals surface area contributed by atoms with Crippen molar-refractivity contribution in [3.63, 3.8) is 0 Å². The first kappa shape index (κ1) is 19.7. The third-order valence-electron chi connectivity index (χ3n) is 3.32. The highest BCUT2D eigenvalue weighted by molar-refractivity contribution is 8.00. The monoisotopic (exact) mass is 437 g/mol. The number of nitrogens with one attached hydrogen (secondary N) is 2. The number of halogens is 2. The molecule has 0 aliphatic rings. The molecule has 2 N–H and O–H groups in total. The smallest absolute Gasteiger partial charge is 0.257 e. The van der Waals surface area contributed by atoms with Gasteiger partial charge in [-0.15, -0.1) is 23.1 Å². The Kier molecular flexibility index (Phi) is 6.73. The number of hydrogen-bond acceptors (Lipinski definition) is 5. The molecule has 0 saturated heterocycles. The van der Waals surface area contributed by atoms with Crippen molar-refractivity contribution in [2.24, 2.45) is 0 Å². The van der Waals surface area contributed by atoms with Crippen LogP contribution >= 0.6 is 46.3 Å². The van der Waals surface area contributed by atoms with Crippen molar-refractivity contribution in [1.82, 2.24) is 4.98 Å². The number of rotatable bonds is 6. The van der Waals surface area contributed by atoms with Crippen LogP contribution in [0.4, 0.5) is 10.8 Å². The number of aromatic nitrogens is 1. The summed E-state index contributed by atoms with van der Waals surface area (Å²) in [4.78, 5) is 29.2. The lowest BCUT2D eigenvalue weighted by Crippen LogP contribution is -2.14. The summed E-state index contributed by atoms with van der Waals surface area (Å²) in [6.45, 7) is 0. The Labute approximate surface area is 174 Å². The summed E-state index contributed by atoms with van der Waals surface area (Å²) in [5.74, 6) is -0.238. The van der Waals surface area contributed by atoms with Gasteiger partial charge in [-0.2, -0.15) is 0 Å². The van der Waals surface area contributed by atoms with E-state index in [-0.39, 0.29) is 22.6 Å². The normalized spacial score (nSPS) is 10.4. The maximum absolute atomic E-state index is 12.4. The summed E-state index contributed by atoms with van der Waals surface area (Å²) in [5, 5.41) is 8.63. The van der Waals surface area contributed by atoms with Crippen LogP contribution < -0.4 is 10.6 Å². The quantitative estimate of drug-likeness (QED) is 0.504. The second kappa shape index (κ2) is 9.23. The number of anilines is 2. The lowest BCUT2D eigenvalue weighted by atomic mass is 10.2. The molecule has 0 bridgehead atoms. The summed E-state index contributed by atoms with van der Waals surface area (Å²) in [7, 11) is 0. The topological polar surface area (TPSA) is 71.1 Å². The Morgan fingerprint density at radius 1 is 1.11 bits per heavy atom. The molecule has 27 heavy (non-hydrogen) atoms. The molecule has 2 aromatic carbocycles. The van der Waals surface area contributed by atoms with Gasteiger partial charge in [-0.05, 0) is 36.4 Å². The zero-order valence-corrected chi connectivity index (χ0v) is 16.9. The first-order chi connectivity index (χ1) is 13.0. The average molecular weight is 438 g/mol. The molecule has 5 nitrogen and oxygen atoms in total. The van der Waals surface area contributed by atoms with Crippen LogP contribution in [0.3, 0.4) is 0 Å². The predicted molar refractivity (Wildman–Crippen MR) is 112 cm³/mol. The van der Waals surface area contributed by atoms with Crippen LogP contribution in [0.2, 0.25) is 10.0 Å². The molecule has 0 aliphatic carbocycles. The van der Waals surface area contributed by atoms with Crippen LogP contribution in [-0.2, 0) is 4.79 Å². The second-order valence-corrected chi connectivity index (χ2v) is 8.07. The van der Waals surface area contributed by atoms with Gasteiger partial charge < -0.3 is 10.6 Å². The Hall–Kier alpha value is -2.06. The highest BCUT2D eigenvalue weighted by Crippen LogP contribution is 2.25. The van der Waals surface area contributed by atoms with E-state index in [1.807, 2.05) is 6.07 Å². The van der Waals surface area contributed by atoms with Crippen molar-refractivity contribution in [2.45, 2.75) is 4.90 Å². The molecule has 0 fully saturated rings. The largest absolute Gasteiger partial charge is 0.322 e. The minimum Gasteiger partial charge on any atom is -0.322 e. The van der Waals surface area contributed by atoms with E-state index in [9.17, 15) is 9.59 Å². The number of nitrogens with zero attached hydrogens (tertiary/aromatic N) is 1. The maximum Gasteiger partial charge on any atom is 0.257 e. The van der Waals surface area contributed by atoms with Gasteiger partial charge in [0.25, 0.3) is 5.91 Å².